The third-order valence-electron chi connectivity index (χ3n) is 4.53. The predicted octanol–water partition coefficient (Wildman–Crippen LogP) is 4.05. The summed E-state index contributed by atoms with van der Waals surface area (Å²) in [6.45, 7) is 3.08. The topological polar surface area (TPSA) is 66.5 Å². The number of aryl methyl sites for hydroxylation is 1. The lowest BCUT2D eigenvalue weighted by Crippen LogP contribution is -2.28. The molecule has 26 heavy (non-hydrogen) atoms. The smallest absolute Gasteiger partial charge is 0.256 e. The number of halogens is 1. The first-order chi connectivity index (χ1) is 12.4. The second-order valence-corrected chi connectivity index (χ2v) is 9.01. The number of sulfonamides is 1. The van der Waals surface area contributed by atoms with Crippen LogP contribution in [-0.4, -0.2) is 31.7 Å². The van der Waals surface area contributed by atoms with Crippen LogP contribution in [0.4, 0.5) is 5.69 Å². The third kappa shape index (κ3) is 3.84. The van der Waals surface area contributed by atoms with Gasteiger partial charge in [0.25, 0.3) is 5.91 Å². The van der Waals surface area contributed by atoms with Crippen molar-refractivity contribution in [3.8, 4) is 0 Å². The van der Waals surface area contributed by atoms with E-state index in [4.69, 9.17) is 0 Å². The highest BCUT2D eigenvalue weighted by atomic mass is 79.9. The molecule has 1 heterocycles. The van der Waals surface area contributed by atoms with Gasteiger partial charge in [-0.2, -0.15) is 4.31 Å². The summed E-state index contributed by atoms with van der Waals surface area (Å²) < 4.78 is 27.6. The number of anilines is 1. The lowest BCUT2D eigenvalue weighted by Gasteiger charge is -2.17. The number of hydrogen-bond donors (Lipinski definition) is 1. The van der Waals surface area contributed by atoms with Crippen LogP contribution < -0.4 is 5.32 Å². The van der Waals surface area contributed by atoms with Gasteiger partial charge in [0.05, 0.1) is 10.5 Å². The fourth-order valence-electron chi connectivity index (χ4n) is 3.06. The average Bonchev–Trinajstić information content (AvgIpc) is 3.18. The molecule has 5 nitrogen and oxygen atoms in total. The molecule has 7 heteroatoms. The zero-order valence-corrected chi connectivity index (χ0v) is 16.9. The van der Waals surface area contributed by atoms with Crippen LogP contribution in [0.15, 0.2) is 51.8 Å². The van der Waals surface area contributed by atoms with Crippen molar-refractivity contribution >= 4 is 37.5 Å². The van der Waals surface area contributed by atoms with Gasteiger partial charge in [-0.15, -0.1) is 0 Å². The zero-order chi connectivity index (χ0) is 18.7. The number of carbonyl (C=O) groups is 1. The van der Waals surface area contributed by atoms with Crippen molar-refractivity contribution in [3.05, 3.63) is 58.1 Å². The number of para-hydroxylation sites is 1. The normalized spacial score (nSPS) is 15.2. The van der Waals surface area contributed by atoms with E-state index < -0.39 is 10.0 Å². The Labute approximate surface area is 162 Å². The largest absolute Gasteiger partial charge is 0.322 e. The molecule has 1 fully saturated rings. The first-order valence-corrected chi connectivity index (χ1v) is 10.9. The molecule has 1 aliphatic rings. The van der Waals surface area contributed by atoms with Gasteiger partial charge in [0.1, 0.15) is 0 Å². The Morgan fingerprint density at radius 2 is 1.85 bits per heavy atom. The number of benzene rings is 2. The van der Waals surface area contributed by atoms with Crippen molar-refractivity contribution in [3.63, 3.8) is 0 Å². The Bertz CT molecular complexity index is 922. The standard InChI is InChI=1S/C19H21BrN2O3S/c1-2-14-7-3-4-8-18(14)21-19(23)16-13-15(9-10-17(16)20)26(24,25)22-11-5-6-12-22/h3-4,7-10,13H,2,5-6,11-12H2,1H3,(H,21,23). The summed E-state index contributed by atoms with van der Waals surface area (Å²) in [7, 11) is -3.56. The van der Waals surface area contributed by atoms with Gasteiger partial charge in [0, 0.05) is 23.2 Å². The van der Waals surface area contributed by atoms with Crippen molar-refractivity contribution < 1.29 is 13.2 Å². The molecule has 2 aromatic carbocycles. The molecule has 0 spiro atoms. The number of amides is 1. The molecule has 0 saturated carbocycles. The van der Waals surface area contributed by atoms with Crippen molar-refractivity contribution in [2.24, 2.45) is 0 Å². The average molecular weight is 437 g/mol. The molecule has 1 saturated heterocycles. The van der Waals surface area contributed by atoms with Gasteiger partial charge >= 0.3 is 0 Å². The minimum atomic E-state index is -3.56. The highest BCUT2D eigenvalue weighted by Crippen LogP contribution is 2.26. The van der Waals surface area contributed by atoms with Crippen LogP contribution in [0, 0.1) is 0 Å². The quantitative estimate of drug-likeness (QED) is 0.768. The maximum atomic E-state index is 12.8. The maximum absolute atomic E-state index is 12.8. The van der Waals surface area contributed by atoms with Gasteiger partial charge in [0.15, 0.2) is 0 Å². The molecule has 0 aliphatic carbocycles. The lowest BCUT2D eigenvalue weighted by molar-refractivity contribution is 0.102. The van der Waals surface area contributed by atoms with E-state index >= 15 is 0 Å². The Morgan fingerprint density at radius 1 is 1.15 bits per heavy atom. The van der Waals surface area contributed by atoms with Crippen molar-refractivity contribution in [2.75, 3.05) is 18.4 Å². The van der Waals surface area contributed by atoms with Crippen molar-refractivity contribution in [1.82, 2.24) is 4.31 Å². The van der Waals surface area contributed by atoms with Crippen LogP contribution in [0.1, 0.15) is 35.7 Å². The summed E-state index contributed by atoms with van der Waals surface area (Å²) in [5.41, 5.74) is 2.06. The Hall–Kier alpha value is -1.70. The summed E-state index contributed by atoms with van der Waals surface area (Å²) in [5, 5.41) is 2.89. The number of rotatable bonds is 5. The molecule has 1 amide bonds. The van der Waals surface area contributed by atoms with Crippen LogP contribution in [0.3, 0.4) is 0 Å². The van der Waals surface area contributed by atoms with Gasteiger partial charge in [-0.05, 0) is 65.0 Å². The molecule has 1 N–H and O–H groups in total. The summed E-state index contributed by atoms with van der Waals surface area (Å²) in [6.07, 6.45) is 2.54. The molecule has 2 aromatic rings. The molecule has 0 atom stereocenters. The zero-order valence-electron chi connectivity index (χ0n) is 14.5. The van der Waals surface area contributed by atoms with Gasteiger partial charge < -0.3 is 5.32 Å². The molecule has 3 rings (SSSR count). The van der Waals surface area contributed by atoms with Gasteiger partial charge in [-0.3, -0.25) is 4.79 Å². The van der Waals surface area contributed by atoms with Crippen molar-refractivity contribution in [2.45, 2.75) is 31.1 Å². The van der Waals surface area contributed by atoms with Crippen LogP contribution in [-0.2, 0) is 16.4 Å². The summed E-state index contributed by atoms with van der Waals surface area (Å²) in [5.74, 6) is -0.337. The van der Waals surface area contributed by atoms with E-state index in [1.807, 2.05) is 31.2 Å². The van der Waals surface area contributed by atoms with Crippen LogP contribution in [0.5, 0.6) is 0 Å². The van der Waals surface area contributed by atoms with E-state index in [2.05, 4.69) is 21.2 Å². The number of nitrogens with one attached hydrogen (secondary N) is 1. The highest BCUT2D eigenvalue weighted by Gasteiger charge is 2.28. The highest BCUT2D eigenvalue weighted by molar-refractivity contribution is 9.10. The van der Waals surface area contributed by atoms with Crippen LogP contribution >= 0.6 is 15.9 Å². The molecule has 0 unspecified atom stereocenters. The summed E-state index contributed by atoms with van der Waals surface area (Å²) in [4.78, 5) is 12.9. The maximum Gasteiger partial charge on any atom is 0.256 e. The molecule has 0 bridgehead atoms. The molecule has 138 valence electrons. The number of hydrogen-bond acceptors (Lipinski definition) is 3. The first-order valence-electron chi connectivity index (χ1n) is 8.62. The van der Waals surface area contributed by atoms with E-state index in [1.165, 1.54) is 16.4 Å². The van der Waals surface area contributed by atoms with E-state index in [9.17, 15) is 13.2 Å². The minimum Gasteiger partial charge on any atom is -0.322 e. The third-order valence-corrected chi connectivity index (χ3v) is 7.12. The molecular weight excluding hydrogens is 416 g/mol. The molecule has 0 aromatic heterocycles. The Balaban J connectivity index is 1.91. The molecular formula is C19H21BrN2O3S. The fraction of sp³-hybridized carbons (Fsp3) is 0.316. The fourth-order valence-corrected chi connectivity index (χ4v) is 5.03. The van der Waals surface area contributed by atoms with Crippen LogP contribution in [0.2, 0.25) is 0 Å². The number of carbonyl (C=O) groups excluding carboxylic acids is 1. The molecule has 0 radical (unpaired) electrons. The Morgan fingerprint density at radius 3 is 2.54 bits per heavy atom. The van der Waals surface area contributed by atoms with E-state index in [0.717, 1.165) is 30.5 Å². The van der Waals surface area contributed by atoms with E-state index in [0.29, 0.717) is 23.1 Å². The summed E-state index contributed by atoms with van der Waals surface area (Å²) in [6, 6.07) is 12.2. The SMILES string of the molecule is CCc1ccccc1NC(=O)c1cc(S(=O)(=O)N2CCCC2)ccc1Br. The second kappa shape index (κ2) is 7.90. The second-order valence-electron chi connectivity index (χ2n) is 6.22. The lowest BCUT2D eigenvalue weighted by atomic mass is 10.1. The summed E-state index contributed by atoms with van der Waals surface area (Å²) >= 11 is 3.36. The predicted molar refractivity (Wildman–Crippen MR) is 106 cm³/mol. The van der Waals surface area contributed by atoms with Crippen LogP contribution in [0.25, 0.3) is 0 Å². The monoisotopic (exact) mass is 436 g/mol. The van der Waals surface area contributed by atoms with Gasteiger partial charge in [0.2, 0.25) is 10.0 Å². The van der Waals surface area contributed by atoms with Gasteiger partial charge in [-0.1, -0.05) is 25.1 Å². The van der Waals surface area contributed by atoms with Gasteiger partial charge in [-0.25, -0.2) is 8.42 Å². The first kappa shape index (κ1) is 19.1. The van der Waals surface area contributed by atoms with E-state index in [-0.39, 0.29) is 10.8 Å². The minimum absolute atomic E-state index is 0.150. The van der Waals surface area contributed by atoms with Crippen molar-refractivity contribution in [1.29, 1.82) is 0 Å². The molecule has 1 aliphatic heterocycles. The van der Waals surface area contributed by atoms with E-state index in [1.54, 1.807) is 6.07 Å². The Kier molecular flexibility index (Phi) is 5.79. The number of nitrogens with zero attached hydrogens (tertiary/aromatic N) is 1.